The van der Waals surface area contributed by atoms with E-state index in [0.29, 0.717) is 6.42 Å². The number of carbonyl (C=O) groups is 5. The molecule has 0 aromatic heterocycles. The second-order valence-corrected chi connectivity index (χ2v) is 7.57. The van der Waals surface area contributed by atoms with E-state index in [1.165, 1.54) is 0 Å². The molecule has 0 fully saturated rings. The summed E-state index contributed by atoms with van der Waals surface area (Å²) in [4.78, 5) is 58.2. The van der Waals surface area contributed by atoms with Crippen molar-refractivity contribution in [1.29, 1.82) is 0 Å². The highest BCUT2D eigenvalue weighted by atomic mass is 16.4. The largest absolute Gasteiger partial charge is 0.481 e. The van der Waals surface area contributed by atoms with E-state index in [1.54, 1.807) is 13.8 Å². The van der Waals surface area contributed by atoms with Crippen LogP contribution in [-0.2, 0) is 24.0 Å². The van der Waals surface area contributed by atoms with Gasteiger partial charge in [0.05, 0.1) is 12.6 Å². The number of nitrogens with two attached hydrogens (primary N) is 1. The third-order valence-corrected chi connectivity index (χ3v) is 4.01. The van der Waals surface area contributed by atoms with Gasteiger partial charge >= 0.3 is 11.9 Å². The zero-order valence-electron chi connectivity index (χ0n) is 17.2. The Morgan fingerprint density at radius 1 is 0.931 bits per heavy atom. The molecule has 0 heterocycles. The van der Waals surface area contributed by atoms with Crippen LogP contribution in [0.1, 0.15) is 47.0 Å². The van der Waals surface area contributed by atoms with Gasteiger partial charge in [0.2, 0.25) is 17.7 Å². The van der Waals surface area contributed by atoms with Gasteiger partial charge in [-0.05, 0) is 24.7 Å². The lowest BCUT2D eigenvalue weighted by Crippen LogP contribution is -2.55. The number of hydrogen-bond acceptors (Lipinski definition) is 6. The summed E-state index contributed by atoms with van der Waals surface area (Å²) in [6.07, 6.45) is -0.269. The van der Waals surface area contributed by atoms with Gasteiger partial charge in [0.15, 0.2) is 0 Å². The first-order valence-corrected chi connectivity index (χ1v) is 9.42. The lowest BCUT2D eigenvalue weighted by Gasteiger charge is -2.24. The maximum Gasteiger partial charge on any atom is 0.326 e. The molecule has 11 heteroatoms. The highest BCUT2D eigenvalue weighted by molar-refractivity contribution is 5.92. The molecule has 0 saturated carbocycles. The smallest absolute Gasteiger partial charge is 0.326 e. The van der Waals surface area contributed by atoms with E-state index >= 15 is 0 Å². The van der Waals surface area contributed by atoms with Crippen LogP contribution >= 0.6 is 0 Å². The highest BCUT2D eigenvalue weighted by Crippen LogP contribution is 2.05. The lowest BCUT2D eigenvalue weighted by atomic mass is 10.0. The van der Waals surface area contributed by atoms with Crippen molar-refractivity contribution in [3.05, 3.63) is 0 Å². The van der Waals surface area contributed by atoms with Gasteiger partial charge in [0, 0.05) is 6.42 Å². The standard InChI is InChI=1S/C18H32N4O7/c1-9(2)7-11(19)16(26)20-8-13(23)22-15(10(3)4)17(27)21-12(18(28)29)5-6-14(24)25/h9-12,15H,5-8,19H2,1-4H3,(H,20,26)(H,21,27)(H,22,23)(H,24,25)(H,28,29). The Bertz CT molecular complexity index is 607. The first kappa shape index (κ1) is 26.3. The Balaban J connectivity index is 4.81. The number of nitrogens with one attached hydrogen (secondary N) is 3. The van der Waals surface area contributed by atoms with Crippen LogP contribution in [0, 0.1) is 11.8 Å². The molecule has 0 aliphatic heterocycles. The molecule has 11 nitrogen and oxygen atoms in total. The first-order valence-electron chi connectivity index (χ1n) is 9.42. The van der Waals surface area contributed by atoms with Crippen LogP contribution in [0.15, 0.2) is 0 Å². The Kier molecular flexibility index (Phi) is 11.5. The summed E-state index contributed by atoms with van der Waals surface area (Å²) in [5, 5.41) is 24.9. The van der Waals surface area contributed by atoms with Gasteiger partial charge < -0.3 is 31.9 Å². The monoisotopic (exact) mass is 416 g/mol. The van der Waals surface area contributed by atoms with Crippen LogP contribution in [0.5, 0.6) is 0 Å². The Morgan fingerprint density at radius 3 is 1.97 bits per heavy atom. The fraction of sp³-hybridized carbons (Fsp3) is 0.722. The van der Waals surface area contributed by atoms with E-state index in [1.807, 2.05) is 13.8 Å². The van der Waals surface area contributed by atoms with Crippen LogP contribution in [-0.4, -0.2) is 64.5 Å². The third kappa shape index (κ3) is 11.0. The van der Waals surface area contributed by atoms with Crippen molar-refractivity contribution in [2.75, 3.05) is 6.54 Å². The predicted molar refractivity (Wildman–Crippen MR) is 104 cm³/mol. The second-order valence-electron chi connectivity index (χ2n) is 7.57. The summed E-state index contributed by atoms with van der Waals surface area (Å²) in [5.74, 6) is -4.62. The minimum absolute atomic E-state index is 0.210. The summed E-state index contributed by atoms with van der Waals surface area (Å²) in [5.41, 5.74) is 5.73. The molecule has 166 valence electrons. The SMILES string of the molecule is CC(C)CC(N)C(=O)NCC(=O)NC(C(=O)NC(CCC(=O)O)C(=O)O)C(C)C. The topological polar surface area (TPSA) is 188 Å². The lowest BCUT2D eigenvalue weighted by molar-refractivity contribution is -0.143. The average molecular weight is 416 g/mol. The van der Waals surface area contributed by atoms with Gasteiger partial charge in [-0.3, -0.25) is 19.2 Å². The van der Waals surface area contributed by atoms with Crippen molar-refractivity contribution in [2.24, 2.45) is 17.6 Å². The van der Waals surface area contributed by atoms with Gasteiger partial charge in [-0.2, -0.15) is 0 Å². The van der Waals surface area contributed by atoms with Crippen molar-refractivity contribution < 1.29 is 34.2 Å². The number of carboxylic acid groups (broad SMARTS) is 2. The molecule has 0 saturated heterocycles. The third-order valence-electron chi connectivity index (χ3n) is 4.01. The van der Waals surface area contributed by atoms with Crippen LogP contribution < -0.4 is 21.7 Å². The Labute approximate surface area is 169 Å². The van der Waals surface area contributed by atoms with Gasteiger partial charge in [0.1, 0.15) is 12.1 Å². The molecule has 29 heavy (non-hydrogen) atoms. The molecular weight excluding hydrogens is 384 g/mol. The number of carboxylic acids is 2. The molecule has 7 N–H and O–H groups in total. The predicted octanol–water partition coefficient (Wildman–Crippen LogP) is -0.949. The summed E-state index contributed by atoms with van der Waals surface area (Å²) < 4.78 is 0. The summed E-state index contributed by atoms with van der Waals surface area (Å²) in [6.45, 7) is 6.73. The van der Waals surface area contributed by atoms with Crippen LogP contribution in [0.25, 0.3) is 0 Å². The Morgan fingerprint density at radius 2 is 1.52 bits per heavy atom. The Hall–Kier alpha value is -2.69. The van der Waals surface area contributed by atoms with Crippen LogP contribution in [0.3, 0.4) is 0 Å². The van der Waals surface area contributed by atoms with E-state index in [-0.39, 0.29) is 24.8 Å². The van der Waals surface area contributed by atoms with Crippen molar-refractivity contribution in [3.8, 4) is 0 Å². The molecule has 0 rings (SSSR count). The minimum atomic E-state index is -1.40. The molecular formula is C18H32N4O7. The second kappa shape index (κ2) is 12.7. The van der Waals surface area contributed by atoms with Crippen molar-refractivity contribution >= 4 is 29.7 Å². The average Bonchev–Trinajstić information content (AvgIpc) is 2.59. The van der Waals surface area contributed by atoms with E-state index in [4.69, 9.17) is 15.9 Å². The summed E-state index contributed by atoms with van der Waals surface area (Å²) in [7, 11) is 0. The number of rotatable bonds is 13. The molecule has 3 unspecified atom stereocenters. The molecule has 0 aromatic carbocycles. The highest BCUT2D eigenvalue weighted by Gasteiger charge is 2.29. The molecule has 0 spiro atoms. The fourth-order valence-corrected chi connectivity index (χ4v) is 2.46. The fourth-order valence-electron chi connectivity index (χ4n) is 2.46. The number of amides is 3. The number of aliphatic carboxylic acids is 2. The summed E-state index contributed by atoms with van der Waals surface area (Å²) >= 11 is 0. The number of hydrogen-bond donors (Lipinski definition) is 6. The zero-order chi connectivity index (χ0) is 22.7. The molecule has 3 amide bonds. The molecule has 3 atom stereocenters. The van der Waals surface area contributed by atoms with E-state index in [9.17, 15) is 24.0 Å². The molecule has 0 radical (unpaired) electrons. The van der Waals surface area contributed by atoms with Crippen molar-refractivity contribution in [3.63, 3.8) is 0 Å². The normalized spacial score (nSPS) is 14.0. The van der Waals surface area contributed by atoms with Gasteiger partial charge in [-0.1, -0.05) is 27.7 Å². The quantitative estimate of drug-likeness (QED) is 0.221. The van der Waals surface area contributed by atoms with Crippen molar-refractivity contribution in [2.45, 2.75) is 65.1 Å². The molecule has 0 bridgehead atoms. The number of carbonyl (C=O) groups excluding carboxylic acids is 3. The molecule has 0 aliphatic rings. The van der Waals surface area contributed by atoms with Crippen LogP contribution in [0.4, 0.5) is 0 Å². The van der Waals surface area contributed by atoms with Gasteiger partial charge in [-0.15, -0.1) is 0 Å². The minimum Gasteiger partial charge on any atom is -0.481 e. The van der Waals surface area contributed by atoms with E-state index in [2.05, 4.69) is 16.0 Å². The van der Waals surface area contributed by atoms with Crippen molar-refractivity contribution in [1.82, 2.24) is 16.0 Å². The maximum absolute atomic E-state index is 12.4. The molecule has 0 aromatic rings. The van der Waals surface area contributed by atoms with E-state index in [0.717, 1.165) is 0 Å². The summed E-state index contributed by atoms with van der Waals surface area (Å²) in [6, 6.07) is -3.21. The van der Waals surface area contributed by atoms with Gasteiger partial charge in [0.25, 0.3) is 0 Å². The van der Waals surface area contributed by atoms with Crippen LogP contribution in [0.2, 0.25) is 0 Å². The zero-order valence-corrected chi connectivity index (χ0v) is 17.2. The first-order chi connectivity index (χ1) is 13.3. The molecule has 0 aliphatic carbocycles. The van der Waals surface area contributed by atoms with E-state index < -0.39 is 54.2 Å². The maximum atomic E-state index is 12.4. The van der Waals surface area contributed by atoms with Gasteiger partial charge in [-0.25, -0.2) is 4.79 Å².